The van der Waals surface area contributed by atoms with Gasteiger partial charge in [0.05, 0.1) is 54.0 Å². The molecule has 1 aliphatic heterocycles. The molecule has 1 amide bonds. The van der Waals surface area contributed by atoms with Crippen molar-refractivity contribution in [3.8, 4) is 11.6 Å². The molecule has 1 radical (unpaired) electrons. The molecule has 0 fully saturated rings. The number of hydrogen-bond acceptors (Lipinski definition) is 10. The third-order valence-electron chi connectivity index (χ3n) is 7.84. The average molecular weight is 725 g/mol. The summed E-state index contributed by atoms with van der Waals surface area (Å²) in [6.07, 6.45) is -12.6. The van der Waals surface area contributed by atoms with E-state index >= 15 is 0 Å². The second-order valence-corrected chi connectivity index (χ2v) is 11.1. The number of anilines is 1. The maximum Gasteiger partial charge on any atom is 0.416 e. The van der Waals surface area contributed by atoms with Crippen molar-refractivity contribution >= 4 is 47.3 Å². The maximum atomic E-state index is 13.7. The molecule has 0 bridgehead atoms. The molecule has 1 unspecified atom stereocenters. The first-order valence-electron chi connectivity index (χ1n) is 14.9. The zero-order chi connectivity index (χ0) is 36.3. The number of rotatable bonds is 11. The van der Waals surface area contributed by atoms with E-state index in [9.17, 15) is 46.1 Å². The van der Waals surface area contributed by atoms with E-state index in [1.807, 2.05) is 0 Å². The number of alkyl halides is 6. The van der Waals surface area contributed by atoms with E-state index in [1.54, 1.807) is 13.8 Å². The van der Waals surface area contributed by atoms with Gasteiger partial charge in [-0.05, 0) is 49.6 Å². The van der Waals surface area contributed by atoms with Gasteiger partial charge in [0.1, 0.15) is 11.5 Å². The molecule has 2 aromatic heterocycles. The minimum Gasteiger partial charge on any atom is -0.481 e. The fourth-order valence-corrected chi connectivity index (χ4v) is 5.41. The molecule has 3 heterocycles. The summed E-state index contributed by atoms with van der Waals surface area (Å²) < 4.78 is 98.1. The number of nitrogens with zero attached hydrogens (tertiary/aromatic N) is 4. The minimum absolute atomic E-state index is 0. The molecular weight excluding hydrogens is 691 g/mol. The van der Waals surface area contributed by atoms with E-state index in [2.05, 4.69) is 15.0 Å². The van der Waals surface area contributed by atoms with Crippen LogP contribution in [0.1, 0.15) is 72.9 Å². The van der Waals surface area contributed by atoms with Crippen LogP contribution in [-0.4, -0.2) is 98.9 Å². The molecule has 50 heavy (non-hydrogen) atoms. The number of methoxy groups -OCH3 is 1. The Hall–Kier alpha value is -3.71. The van der Waals surface area contributed by atoms with E-state index in [0.29, 0.717) is 12.1 Å². The summed E-state index contributed by atoms with van der Waals surface area (Å²) in [6.45, 7) is 2.74. The number of pyridine rings is 1. The third-order valence-corrected chi connectivity index (χ3v) is 7.84. The predicted molar refractivity (Wildman–Crippen MR) is 165 cm³/mol. The second-order valence-electron chi connectivity index (χ2n) is 11.1. The summed E-state index contributed by atoms with van der Waals surface area (Å²) in [4.78, 5) is 39.5. The van der Waals surface area contributed by atoms with Crippen molar-refractivity contribution in [2.75, 3.05) is 25.2 Å². The van der Waals surface area contributed by atoms with E-state index in [1.165, 1.54) is 24.1 Å². The molecule has 267 valence electrons. The molecule has 3 aromatic rings. The molecule has 0 saturated carbocycles. The van der Waals surface area contributed by atoms with Crippen LogP contribution >= 0.6 is 0 Å². The van der Waals surface area contributed by atoms with Gasteiger partial charge in [-0.3, -0.25) is 4.90 Å². The number of carbonyl (C=O) groups is 2. The van der Waals surface area contributed by atoms with E-state index in [-0.39, 0.29) is 89.6 Å². The summed E-state index contributed by atoms with van der Waals surface area (Å²) >= 11 is 0. The molecule has 4 N–H and O–H groups in total. The van der Waals surface area contributed by atoms with Crippen LogP contribution in [0, 0.1) is 0 Å². The zero-order valence-corrected chi connectivity index (χ0v) is 29.4. The SMILES string of the molecule is CCOC(=O)N1c2ccc(OC)nc2[C@@H](c2ncc(OC(CCO)C(=O)O)c(Cc3cc(C(F)(F)F)cc(C(F)(F)F)c3)n2)C[C@@]1(N)CC.[Na]. The molecular formula is C31H33F6N5NaO7. The topological polar surface area (TPSA) is 170 Å². The van der Waals surface area contributed by atoms with Gasteiger partial charge < -0.3 is 30.2 Å². The number of aromatic nitrogens is 3. The summed E-state index contributed by atoms with van der Waals surface area (Å²) in [5, 5.41) is 18.9. The Morgan fingerprint density at radius 1 is 1.08 bits per heavy atom. The van der Waals surface area contributed by atoms with Crippen LogP contribution in [-0.2, 0) is 28.3 Å². The van der Waals surface area contributed by atoms with Gasteiger partial charge >= 0.3 is 24.4 Å². The van der Waals surface area contributed by atoms with Crippen LogP contribution < -0.4 is 20.1 Å². The standard InChI is InChI=1S/C31H33F6N5O7.Na/c1-4-29(38)14-19(25-21(6-7-24(41-25)47-3)42(29)28(46)48-5-2)26-39-15-23(49-22(8-9-43)27(44)45)20(40-26)12-16-10-17(30(32,33)34)13-18(11-16)31(35,36)37;/h6-7,10-11,13,15,19,22,43H,4-5,8-9,12,14,38H2,1-3H3,(H,44,45);/t19-,22?,29+;/m0./s1. The smallest absolute Gasteiger partial charge is 0.416 e. The Morgan fingerprint density at radius 3 is 2.24 bits per heavy atom. The van der Waals surface area contributed by atoms with Gasteiger partial charge in [-0.15, -0.1) is 0 Å². The van der Waals surface area contributed by atoms with Crippen molar-refractivity contribution in [1.82, 2.24) is 15.0 Å². The molecule has 12 nitrogen and oxygen atoms in total. The minimum atomic E-state index is -5.13. The maximum absolute atomic E-state index is 13.7. The first-order chi connectivity index (χ1) is 22.9. The van der Waals surface area contributed by atoms with Crippen LogP contribution in [0.15, 0.2) is 36.5 Å². The number of halogens is 6. The van der Waals surface area contributed by atoms with Crippen molar-refractivity contribution in [3.05, 3.63) is 70.4 Å². The Bertz CT molecular complexity index is 1660. The van der Waals surface area contributed by atoms with Gasteiger partial charge in [0, 0.05) is 55.1 Å². The van der Waals surface area contributed by atoms with Gasteiger partial charge in [-0.25, -0.2) is 24.5 Å². The first kappa shape index (κ1) is 40.7. The van der Waals surface area contributed by atoms with Crippen LogP contribution in [0.3, 0.4) is 0 Å². The van der Waals surface area contributed by atoms with Crippen molar-refractivity contribution < 1.29 is 60.4 Å². The molecule has 1 aromatic carbocycles. The first-order valence-corrected chi connectivity index (χ1v) is 14.9. The predicted octanol–water partition coefficient (Wildman–Crippen LogP) is 4.91. The summed E-state index contributed by atoms with van der Waals surface area (Å²) in [5.41, 5.74) is 1.91. The number of aliphatic hydroxyl groups excluding tert-OH is 1. The van der Waals surface area contributed by atoms with Crippen molar-refractivity contribution in [3.63, 3.8) is 0 Å². The zero-order valence-electron chi connectivity index (χ0n) is 27.4. The van der Waals surface area contributed by atoms with Crippen molar-refractivity contribution in [2.45, 2.75) is 69.6 Å². The largest absolute Gasteiger partial charge is 0.481 e. The Kier molecular flexibility index (Phi) is 13.1. The quantitative estimate of drug-likeness (QED) is 0.182. The molecule has 4 rings (SSSR count). The summed E-state index contributed by atoms with van der Waals surface area (Å²) in [6, 6.07) is 4.02. The van der Waals surface area contributed by atoms with Gasteiger partial charge in [0.2, 0.25) is 5.88 Å². The number of aliphatic carboxylic acids is 1. The Labute approximate surface area is 304 Å². The number of benzene rings is 1. The van der Waals surface area contributed by atoms with Gasteiger partial charge in [-0.1, -0.05) is 6.92 Å². The normalized spacial score (nSPS) is 18.1. The third kappa shape index (κ3) is 8.95. The van der Waals surface area contributed by atoms with E-state index < -0.39 is 78.2 Å². The number of aliphatic hydroxyl groups is 1. The number of amides is 1. The summed E-state index contributed by atoms with van der Waals surface area (Å²) in [5.74, 6) is -2.73. The van der Waals surface area contributed by atoms with Crippen LogP contribution in [0.2, 0.25) is 0 Å². The van der Waals surface area contributed by atoms with E-state index in [0.717, 1.165) is 6.20 Å². The van der Waals surface area contributed by atoms with Crippen LogP contribution in [0.4, 0.5) is 36.8 Å². The molecule has 0 saturated heterocycles. The number of nitrogens with two attached hydrogens (primary N) is 1. The second kappa shape index (κ2) is 16.1. The number of hydrogen-bond donors (Lipinski definition) is 3. The van der Waals surface area contributed by atoms with Gasteiger partial charge in [0.15, 0.2) is 11.9 Å². The average Bonchev–Trinajstić information content (AvgIpc) is 3.03. The number of carboxylic acid groups (broad SMARTS) is 1. The molecule has 1 aliphatic rings. The van der Waals surface area contributed by atoms with Gasteiger partial charge in [0.25, 0.3) is 0 Å². The van der Waals surface area contributed by atoms with Crippen molar-refractivity contribution in [1.29, 1.82) is 0 Å². The molecule has 19 heteroatoms. The van der Waals surface area contributed by atoms with E-state index in [4.69, 9.17) is 19.9 Å². The Balaban J connectivity index is 0.00000676. The van der Waals surface area contributed by atoms with Crippen LogP contribution in [0.25, 0.3) is 0 Å². The summed E-state index contributed by atoms with van der Waals surface area (Å²) in [7, 11) is 1.35. The fourth-order valence-electron chi connectivity index (χ4n) is 5.41. The molecule has 3 atom stereocenters. The Morgan fingerprint density at radius 2 is 1.72 bits per heavy atom. The molecule has 0 spiro atoms. The van der Waals surface area contributed by atoms with Crippen molar-refractivity contribution in [2.24, 2.45) is 5.73 Å². The fraction of sp³-hybridized carbons (Fsp3) is 0.452. The number of ether oxygens (including phenoxy) is 3. The number of carboxylic acids is 1. The monoisotopic (exact) mass is 724 g/mol. The van der Waals surface area contributed by atoms with Gasteiger partial charge in [-0.2, -0.15) is 26.3 Å². The number of fused-ring (bicyclic) bond motifs is 1. The number of carbonyl (C=O) groups excluding carboxylic acids is 1. The molecule has 0 aliphatic carbocycles. The van der Waals surface area contributed by atoms with Crippen LogP contribution in [0.5, 0.6) is 11.6 Å².